The Morgan fingerprint density at radius 1 is 0.920 bits per heavy atom. The number of benzene rings is 2. The largest absolute Gasteiger partial charge is 0.416 e. The summed E-state index contributed by atoms with van der Waals surface area (Å²) in [7, 11) is -3.76. The summed E-state index contributed by atoms with van der Waals surface area (Å²) in [6, 6.07) is 10.7. The molecule has 0 saturated heterocycles. The number of sulfonamides is 1. The normalized spacial score (nSPS) is 12.3. The van der Waals surface area contributed by atoms with Crippen molar-refractivity contribution in [3.63, 3.8) is 0 Å². The molecule has 0 spiro atoms. The van der Waals surface area contributed by atoms with Crippen LogP contribution in [0.4, 0.5) is 13.2 Å². The molecule has 25 heavy (non-hydrogen) atoms. The Bertz CT molecular complexity index is 993. The van der Waals surface area contributed by atoms with E-state index >= 15 is 0 Å². The van der Waals surface area contributed by atoms with E-state index in [0.717, 1.165) is 22.6 Å². The maximum Gasteiger partial charge on any atom is 0.416 e. The molecule has 0 aliphatic carbocycles. The van der Waals surface area contributed by atoms with Gasteiger partial charge in [-0.05, 0) is 29.8 Å². The van der Waals surface area contributed by atoms with Crippen LogP contribution in [0.3, 0.4) is 0 Å². The molecule has 0 aliphatic rings. The first kappa shape index (κ1) is 17.6. The number of alkyl halides is 3. The molecule has 0 unspecified atom stereocenters. The molecule has 2 aromatic carbocycles. The van der Waals surface area contributed by atoms with Crippen LogP contribution in [0, 0.1) is 0 Å². The first-order chi connectivity index (χ1) is 11.6. The third-order valence-electron chi connectivity index (χ3n) is 3.43. The Morgan fingerprint density at radius 2 is 1.48 bits per heavy atom. The van der Waals surface area contributed by atoms with Crippen molar-refractivity contribution in [3.05, 3.63) is 60.3 Å². The number of halogens is 3. The van der Waals surface area contributed by atoms with Crippen molar-refractivity contribution < 1.29 is 21.6 Å². The average molecular weight is 384 g/mol. The SMILES string of the molecule is NS(=O)(=O)c1ccc(-c2cnc(-c3ccc(C(F)(F)F)cc3)s2)cc1. The van der Waals surface area contributed by atoms with Crippen molar-refractivity contribution in [2.24, 2.45) is 5.14 Å². The molecule has 130 valence electrons. The number of primary sulfonamides is 1. The third kappa shape index (κ3) is 3.89. The molecular formula is C16H11F3N2O2S2. The van der Waals surface area contributed by atoms with Crippen LogP contribution < -0.4 is 5.14 Å². The number of nitrogens with two attached hydrogens (primary N) is 1. The lowest BCUT2D eigenvalue weighted by molar-refractivity contribution is -0.137. The predicted molar refractivity (Wildman–Crippen MR) is 89.4 cm³/mol. The van der Waals surface area contributed by atoms with Crippen LogP contribution in [0.5, 0.6) is 0 Å². The average Bonchev–Trinajstić information content (AvgIpc) is 3.03. The van der Waals surface area contributed by atoms with Crippen molar-refractivity contribution in [2.45, 2.75) is 11.1 Å². The van der Waals surface area contributed by atoms with Gasteiger partial charge in [-0.3, -0.25) is 0 Å². The summed E-state index contributed by atoms with van der Waals surface area (Å²) >= 11 is 1.29. The van der Waals surface area contributed by atoms with Gasteiger partial charge in [-0.25, -0.2) is 18.5 Å². The molecule has 3 rings (SSSR count). The second-order valence-corrected chi connectivity index (χ2v) is 7.77. The number of hydrogen-bond acceptors (Lipinski definition) is 4. The van der Waals surface area contributed by atoms with Gasteiger partial charge in [-0.1, -0.05) is 24.3 Å². The molecule has 4 nitrogen and oxygen atoms in total. The zero-order valence-corrected chi connectivity index (χ0v) is 14.1. The van der Waals surface area contributed by atoms with Crippen LogP contribution >= 0.6 is 11.3 Å². The maximum atomic E-state index is 12.6. The minimum absolute atomic E-state index is 0.00345. The summed E-state index contributed by atoms with van der Waals surface area (Å²) < 4.78 is 60.3. The molecular weight excluding hydrogens is 373 g/mol. The van der Waals surface area contributed by atoms with Gasteiger partial charge in [-0.15, -0.1) is 11.3 Å². The summed E-state index contributed by atoms with van der Waals surface area (Å²) in [5, 5.41) is 5.62. The second kappa shape index (κ2) is 6.25. The van der Waals surface area contributed by atoms with Crippen molar-refractivity contribution in [2.75, 3.05) is 0 Å². The first-order valence-electron chi connectivity index (χ1n) is 6.91. The van der Waals surface area contributed by atoms with E-state index in [9.17, 15) is 21.6 Å². The molecule has 3 aromatic rings. The van der Waals surface area contributed by atoms with Crippen molar-refractivity contribution >= 4 is 21.4 Å². The molecule has 0 amide bonds. The molecule has 0 atom stereocenters. The van der Waals surface area contributed by atoms with Gasteiger partial charge in [0.25, 0.3) is 0 Å². The predicted octanol–water partition coefficient (Wildman–Crippen LogP) is 4.14. The molecule has 9 heteroatoms. The Labute approximate surface area is 145 Å². The fourth-order valence-electron chi connectivity index (χ4n) is 2.15. The van der Waals surface area contributed by atoms with E-state index in [-0.39, 0.29) is 4.90 Å². The zero-order chi connectivity index (χ0) is 18.2. The van der Waals surface area contributed by atoms with E-state index in [1.807, 2.05) is 0 Å². The summed E-state index contributed by atoms with van der Waals surface area (Å²) in [5.74, 6) is 0. The van der Waals surface area contributed by atoms with Gasteiger partial charge in [0.15, 0.2) is 0 Å². The Kier molecular flexibility index (Phi) is 4.40. The highest BCUT2D eigenvalue weighted by atomic mass is 32.2. The molecule has 1 heterocycles. The van der Waals surface area contributed by atoms with Crippen LogP contribution in [0.2, 0.25) is 0 Å². The third-order valence-corrected chi connectivity index (χ3v) is 5.46. The lowest BCUT2D eigenvalue weighted by Gasteiger charge is -2.06. The number of hydrogen-bond donors (Lipinski definition) is 1. The summed E-state index contributed by atoms with van der Waals surface area (Å²) in [4.78, 5) is 4.98. The van der Waals surface area contributed by atoms with Crippen molar-refractivity contribution in [1.82, 2.24) is 4.98 Å². The van der Waals surface area contributed by atoms with E-state index in [1.165, 1.54) is 35.6 Å². The fraction of sp³-hybridized carbons (Fsp3) is 0.0625. The molecule has 2 N–H and O–H groups in total. The second-order valence-electron chi connectivity index (χ2n) is 5.17. The molecule has 1 aromatic heterocycles. The lowest BCUT2D eigenvalue weighted by atomic mass is 10.1. The maximum absolute atomic E-state index is 12.6. The molecule has 0 radical (unpaired) electrons. The number of nitrogens with zero attached hydrogens (tertiary/aromatic N) is 1. The topological polar surface area (TPSA) is 73.1 Å². The van der Waals surface area contributed by atoms with Crippen LogP contribution in [-0.2, 0) is 16.2 Å². The zero-order valence-electron chi connectivity index (χ0n) is 12.5. The minimum Gasteiger partial charge on any atom is -0.244 e. The standard InChI is InChI=1S/C16H11F3N2O2S2/c17-16(18,19)12-5-1-11(2-6-12)15-21-9-14(24-15)10-3-7-13(8-4-10)25(20,22)23/h1-9H,(H2,20,22,23). The van der Waals surface area contributed by atoms with Crippen LogP contribution in [0.25, 0.3) is 21.0 Å². The molecule has 0 bridgehead atoms. The number of thiazole rings is 1. The fourth-order valence-corrected chi connectivity index (χ4v) is 3.59. The minimum atomic E-state index is -4.38. The summed E-state index contributed by atoms with van der Waals surface area (Å²) in [5.41, 5.74) is 0.597. The van der Waals surface area contributed by atoms with Crippen molar-refractivity contribution in [3.8, 4) is 21.0 Å². The Hall–Kier alpha value is -2.23. The Morgan fingerprint density at radius 3 is 2.00 bits per heavy atom. The van der Waals surface area contributed by atoms with Crippen molar-refractivity contribution in [1.29, 1.82) is 0 Å². The summed E-state index contributed by atoms with van der Waals surface area (Å²) in [6.07, 6.45) is -2.79. The summed E-state index contributed by atoms with van der Waals surface area (Å²) in [6.45, 7) is 0. The number of rotatable bonds is 3. The van der Waals surface area contributed by atoms with Crippen LogP contribution in [-0.4, -0.2) is 13.4 Å². The van der Waals surface area contributed by atoms with E-state index in [2.05, 4.69) is 4.98 Å². The van der Waals surface area contributed by atoms with Gasteiger partial charge in [0, 0.05) is 11.8 Å². The van der Waals surface area contributed by atoms with Gasteiger partial charge < -0.3 is 0 Å². The van der Waals surface area contributed by atoms with Gasteiger partial charge in [0.2, 0.25) is 10.0 Å². The van der Waals surface area contributed by atoms with Gasteiger partial charge in [0.1, 0.15) is 5.01 Å². The monoisotopic (exact) mass is 384 g/mol. The van der Waals surface area contributed by atoms with Gasteiger partial charge in [-0.2, -0.15) is 13.2 Å². The molecule has 0 saturated carbocycles. The quantitative estimate of drug-likeness (QED) is 0.737. The van der Waals surface area contributed by atoms with E-state index in [4.69, 9.17) is 5.14 Å². The van der Waals surface area contributed by atoms with E-state index < -0.39 is 21.8 Å². The molecule has 0 aliphatic heterocycles. The highest BCUT2D eigenvalue weighted by Gasteiger charge is 2.30. The van der Waals surface area contributed by atoms with E-state index in [1.54, 1.807) is 18.3 Å². The Balaban J connectivity index is 1.87. The lowest BCUT2D eigenvalue weighted by Crippen LogP contribution is -2.11. The highest BCUT2D eigenvalue weighted by Crippen LogP contribution is 2.34. The van der Waals surface area contributed by atoms with Crippen LogP contribution in [0.1, 0.15) is 5.56 Å². The van der Waals surface area contributed by atoms with E-state index in [0.29, 0.717) is 10.6 Å². The van der Waals surface area contributed by atoms with Gasteiger partial charge >= 0.3 is 6.18 Å². The molecule has 0 fully saturated rings. The van der Waals surface area contributed by atoms with Gasteiger partial charge in [0.05, 0.1) is 15.3 Å². The number of aromatic nitrogens is 1. The first-order valence-corrected chi connectivity index (χ1v) is 9.27. The smallest absolute Gasteiger partial charge is 0.244 e. The highest BCUT2D eigenvalue weighted by molar-refractivity contribution is 7.89. The van der Waals surface area contributed by atoms with Crippen LogP contribution in [0.15, 0.2) is 59.6 Å².